The molecule has 0 unspecified atom stereocenters. The highest BCUT2D eigenvalue weighted by atomic mass is 15.1. The van der Waals surface area contributed by atoms with Gasteiger partial charge in [-0.05, 0) is 57.2 Å². The van der Waals surface area contributed by atoms with Crippen LogP contribution in [0.15, 0.2) is 18.2 Å². The lowest BCUT2D eigenvalue weighted by atomic mass is 10.1. The highest BCUT2D eigenvalue weighted by Crippen LogP contribution is 2.25. The Morgan fingerprint density at radius 2 is 2.00 bits per heavy atom. The zero-order chi connectivity index (χ0) is 15.2. The van der Waals surface area contributed by atoms with E-state index in [0.29, 0.717) is 6.04 Å². The molecule has 1 aliphatic rings. The monoisotopic (exact) mass is 288 g/mol. The van der Waals surface area contributed by atoms with Crippen molar-refractivity contribution in [3.63, 3.8) is 0 Å². The molecule has 2 rings (SSSR count). The van der Waals surface area contributed by atoms with Gasteiger partial charge < -0.3 is 10.2 Å². The van der Waals surface area contributed by atoms with Gasteiger partial charge in [-0.3, -0.25) is 0 Å². The van der Waals surface area contributed by atoms with Gasteiger partial charge in [0, 0.05) is 30.9 Å². The third kappa shape index (κ3) is 5.03. The zero-order valence-corrected chi connectivity index (χ0v) is 14.3. The lowest BCUT2D eigenvalue weighted by molar-refractivity contribution is 0.624. The second-order valence-corrected chi connectivity index (χ2v) is 6.77. The van der Waals surface area contributed by atoms with Crippen molar-refractivity contribution in [1.29, 1.82) is 0 Å². The Kier molecular flexibility index (Phi) is 6.10. The molecule has 0 atom stereocenters. The van der Waals surface area contributed by atoms with Crippen molar-refractivity contribution in [3.05, 3.63) is 29.3 Å². The molecule has 1 aliphatic carbocycles. The Bertz CT molecular complexity index is 435. The molecule has 0 aromatic heterocycles. The first-order valence-corrected chi connectivity index (χ1v) is 8.71. The molecule has 1 N–H and O–H groups in total. The molecule has 1 saturated carbocycles. The van der Waals surface area contributed by atoms with Gasteiger partial charge in [0.2, 0.25) is 0 Å². The molecule has 0 heterocycles. The molecule has 1 aromatic carbocycles. The van der Waals surface area contributed by atoms with Crippen molar-refractivity contribution in [2.45, 2.75) is 78.4 Å². The van der Waals surface area contributed by atoms with E-state index in [1.807, 2.05) is 0 Å². The maximum atomic E-state index is 3.60. The molecule has 0 saturated heterocycles. The molecular formula is C19H32N2. The number of aryl methyl sites for hydroxylation is 1. The van der Waals surface area contributed by atoms with Gasteiger partial charge in [0.05, 0.1) is 0 Å². The Hall–Kier alpha value is -1.02. The summed E-state index contributed by atoms with van der Waals surface area (Å²) in [7, 11) is 0. The first-order valence-electron chi connectivity index (χ1n) is 8.71. The first kappa shape index (κ1) is 16.4. The summed E-state index contributed by atoms with van der Waals surface area (Å²) in [6, 6.07) is 8.33. The summed E-state index contributed by atoms with van der Waals surface area (Å²) in [4.78, 5) is 2.56. The smallest absolute Gasteiger partial charge is 0.0398 e. The second kappa shape index (κ2) is 7.84. The van der Waals surface area contributed by atoms with Crippen LogP contribution in [0.25, 0.3) is 0 Å². The van der Waals surface area contributed by atoms with E-state index < -0.39 is 0 Å². The van der Waals surface area contributed by atoms with E-state index in [-0.39, 0.29) is 0 Å². The minimum atomic E-state index is 0.566. The SMILES string of the molecule is CCCCCN(c1ccc(CNC2CC2)cc1C)C(C)C. The van der Waals surface area contributed by atoms with Crippen molar-refractivity contribution in [2.24, 2.45) is 0 Å². The van der Waals surface area contributed by atoms with Gasteiger partial charge in [0.25, 0.3) is 0 Å². The van der Waals surface area contributed by atoms with Crippen molar-refractivity contribution in [3.8, 4) is 0 Å². The quantitative estimate of drug-likeness (QED) is 0.665. The van der Waals surface area contributed by atoms with Gasteiger partial charge in [-0.2, -0.15) is 0 Å². The Morgan fingerprint density at radius 1 is 1.24 bits per heavy atom. The molecule has 0 radical (unpaired) electrons. The average Bonchev–Trinajstić information content (AvgIpc) is 3.26. The van der Waals surface area contributed by atoms with E-state index in [1.165, 1.54) is 55.5 Å². The Morgan fingerprint density at radius 3 is 2.57 bits per heavy atom. The first-order chi connectivity index (χ1) is 10.1. The van der Waals surface area contributed by atoms with Gasteiger partial charge in [-0.25, -0.2) is 0 Å². The van der Waals surface area contributed by atoms with Crippen LogP contribution < -0.4 is 10.2 Å². The van der Waals surface area contributed by atoms with Gasteiger partial charge in [0.15, 0.2) is 0 Å². The molecule has 0 spiro atoms. The van der Waals surface area contributed by atoms with E-state index in [2.05, 4.69) is 56.1 Å². The van der Waals surface area contributed by atoms with Crippen molar-refractivity contribution in [2.75, 3.05) is 11.4 Å². The summed E-state index contributed by atoms with van der Waals surface area (Å²) in [5.74, 6) is 0. The molecule has 0 amide bonds. The number of hydrogen-bond donors (Lipinski definition) is 1. The fraction of sp³-hybridized carbons (Fsp3) is 0.684. The van der Waals surface area contributed by atoms with E-state index in [1.54, 1.807) is 0 Å². The van der Waals surface area contributed by atoms with Crippen molar-refractivity contribution < 1.29 is 0 Å². The Labute approximate surface area is 130 Å². The van der Waals surface area contributed by atoms with E-state index >= 15 is 0 Å². The van der Waals surface area contributed by atoms with E-state index in [9.17, 15) is 0 Å². The fourth-order valence-corrected chi connectivity index (χ4v) is 2.89. The third-order valence-electron chi connectivity index (χ3n) is 4.37. The summed E-state index contributed by atoms with van der Waals surface area (Å²) in [5.41, 5.74) is 4.24. The summed E-state index contributed by atoms with van der Waals surface area (Å²) in [5, 5.41) is 3.60. The maximum absolute atomic E-state index is 3.60. The van der Waals surface area contributed by atoms with Crippen LogP contribution in [0.4, 0.5) is 5.69 Å². The van der Waals surface area contributed by atoms with Crippen molar-refractivity contribution in [1.82, 2.24) is 5.32 Å². The number of nitrogens with one attached hydrogen (secondary N) is 1. The summed E-state index contributed by atoms with van der Waals surface area (Å²) in [6.07, 6.45) is 6.62. The molecule has 0 aliphatic heterocycles. The molecule has 2 nitrogen and oxygen atoms in total. The van der Waals surface area contributed by atoms with Crippen LogP contribution in [-0.2, 0) is 6.54 Å². The van der Waals surface area contributed by atoms with Crippen LogP contribution in [0.3, 0.4) is 0 Å². The van der Waals surface area contributed by atoms with Crippen LogP contribution in [0.5, 0.6) is 0 Å². The highest BCUT2D eigenvalue weighted by Gasteiger charge is 2.20. The second-order valence-electron chi connectivity index (χ2n) is 6.77. The van der Waals surface area contributed by atoms with Gasteiger partial charge in [0.1, 0.15) is 0 Å². The van der Waals surface area contributed by atoms with Crippen LogP contribution in [0, 0.1) is 6.92 Å². The van der Waals surface area contributed by atoms with Crippen LogP contribution >= 0.6 is 0 Å². The predicted octanol–water partition coefficient (Wildman–Crippen LogP) is 4.65. The van der Waals surface area contributed by atoms with Crippen LogP contribution in [-0.4, -0.2) is 18.6 Å². The third-order valence-corrected chi connectivity index (χ3v) is 4.37. The topological polar surface area (TPSA) is 15.3 Å². The highest BCUT2D eigenvalue weighted by molar-refractivity contribution is 5.55. The van der Waals surface area contributed by atoms with Crippen molar-refractivity contribution >= 4 is 5.69 Å². The molecule has 118 valence electrons. The molecule has 1 fully saturated rings. The van der Waals surface area contributed by atoms with Gasteiger partial charge >= 0.3 is 0 Å². The average molecular weight is 288 g/mol. The van der Waals surface area contributed by atoms with Gasteiger partial charge in [-0.15, -0.1) is 0 Å². The zero-order valence-electron chi connectivity index (χ0n) is 14.3. The van der Waals surface area contributed by atoms with Crippen LogP contribution in [0.2, 0.25) is 0 Å². The lowest BCUT2D eigenvalue weighted by Crippen LogP contribution is -2.32. The minimum Gasteiger partial charge on any atom is -0.369 e. The standard InChI is InChI=1S/C19H32N2/c1-5-6-7-12-21(15(2)3)19-11-8-17(13-16(19)4)14-20-18-9-10-18/h8,11,13,15,18,20H,5-7,9-10,12,14H2,1-4H3. The molecule has 0 bridgehead atoms. The van der Waals surface area contributed by atoms with E-state index in [0.717, 1.165) is 12.6 Å². The number of rotatable bonds is 9. The molecular weight excluding hydrogens is 256 g/mol. The number of nitrogens with zero attached hydrogens (tertiary/aromatic N) is 1. The fourth-order valence-electron chi connectivity index (χ4n) is 2.89. The number of anilines is 1. The maximum Gasteiger partial charge on any atom is 0.0398 e. The largest absolute Gasteiger partial charge is 0.369 e. The number of benzene rings is 1. The summed E-state index contributed by atoms with van der Waals surface area (Å²) >= 11 is 0. The minimum absolute atomic E-state index is 0.566. The van der Waals surface area contributed by atoms with E-state index in [4.69, 9.17) is 0 Å². The summed E-state index contributed by atoms with van der Waals surface area (Å²) < 4.78 is 0. The lowest BCUT2D eigenvalue weighted by Gasteiger charge is -2.31. The number of unbranched alkanes of at least 4 members (excludes halogenated alkanes) is 2. The van der Waals surface area contributed by atoms with Gasteiger partial charge in [-0.1, -0.05) is 31.9 Å². The summed E-state index contributed by atoms with van der Waals surface area (Å²) in [6.45, 7) is 11.3. The Balaban J connectivity index is 2.01. The molecule has 2 heteroatoms. The number of hydrogen-bond acceptors (Lipinski definition) is 2. The van der Waals surface area contributed by atoms with Crippen LogP contribution in [0.1, 0.15) is 64.0 Å². The predicted molar refractivity (Wildman–Crippen MR) is 93.0 cm³/mol. The molecule has 21 heavy (non-hydrogen) atoms. The molecule has 1 aromatic rings. The normalized spacial score (nSPS) is 14.7.